The number of halogens is 1. The summed E-state index contributed by atoms with van der Waals surface area (Å²) in [5.74, 6) is 0.957. The van der Waals surface area contributed by atoms with E-state index in [0.717, 1.165) is 18.6 Å². The second-order valence-electron chi connectivity index (χ2n) is 6.18. The van der Waals surface area contributed by atoms with Gasteiger partial charge in [0, 0.05) is 12.1 Å². The Balaban J connectivity index is 0.00000220. The van der Waals surface area contributed by atoms with Crippen molar-refractivity contribution < 1.29 is 22.3 Å². The molecule has 0 bridgehead atoms. The highest BCUT2D eigenvalue weighted by molar-refractivity contribution is 5.47. The van der Waals surface area contributed by atoms with Crippen LogP contribution in [0.15, 0.2) is 12.1 Å². The lowest BCUT2D eigenvalue weighted by atomic mass is 10.0. The van der Waals surface area contributed by atoms with Gasteiger partial charge in [0.05, 0.1) is 0 Å². The van der Waals surface area contributed by atoms with Crippen LogP contribution in [0, 0.1) is 6.92 Å². The summed E-state index contributed by atoms with van der Waals surface area (Å²) in [5, 5.41) is 13.5. The van der Waals surface area contributed by atoms with Gasteiger partial charge in [0.25, 0.3) is 0 Å². The molecule has 21 heavy (non-hydrogen) atoms. The van der Waals surface area contributed by atoms with Crippen LogP contribution in [0.4, 0.5) is 0 Å². The van der Waals surface area contributed by atoms with Gasteiger partial charge in [-0.25, -0.2) is 0 Å². The fourth-order valence-electron chi connectivity index (χ4n) is 2.94. The van der Waals surface area contributed by atoms with Crippen molar-refractivity contribution in [3.05, 3.63) is 28.8 Å². The Labute approximate surface area is 134 Å². The molecular weight excluding hydrogens is 286 g/mol. The molecule has 1 aromatic carbocycles. The summed E-state index contributed by atoms with van der Waals surface area (Å²) in [6, 6.07) is 4.57. The first kappa shape index (κ1) is 18.3. The van der Waals surface area contributed by atoms with E-state index in [1.807, 2.05) is 13.0 Å². The monoisotopic (exact) mass is 312 g/mol. The lowest BCUT2D eigenvalue weighted by Crippen LogP contribution is -3.00. The second kappa shape index (κ2) is 8.02. The van der Waals surface area contributed by atoms with E-state index < -0.39 is 6.10 Å². The van der Waals surface area contributed by atoms with E-state index in [4.69, 9.17) is 4.74 Å². The summed E-state index contributed by atoms with van der Waals surface area (Å²) in [6.07, 6.45) is 2.98. The smallest absolute Gasteiger partial charge is 0.122 e. The molecule has 0 heterocycles. The molecule has 0 amide bonds. The maximum atomic E-state index is 10.1. The van der Waals surface area contributed by atoms with Crippen molar-refractivity contribution in [1.82, 2.24) is 5.32 Å². The Morgan fingerprint density at radius 1 is 1.19 bits per heavy atom. The van der Waals surface area contributed by atoms with E-state index >= 15 is 0 Å². The molecule has 0 aliphatic heterocycles. The van der Waals surface area contributed by atoms with Gasteiger partial charge in [-0.1, -0.05) is 19.9 Å². The van der Waals surface area contributed by atoms with Gasteiger partial charge in [0.1, 0.15) is 18.5 Å². The Bertz CT molecular complexity index is 462. The normalized spacial score (nSPS) is 16.3. The largest absolute Gasteiger partial charge is 1.00 e. The van der Waals surface area contributed by atoms with Crippen molar-refractivity contribution in [2.45, 2.75) is 65.1 Å². The van der Waals surface area contributed by atoms with Gasteiger partial charge in [-0.2, -0.15) is 0 Å². The van der Waals surface area contributed by atoms with Crippen LogP contribution in [0.2, 0.25) is 0 Å². The SMILES string of the molecule is Cc1ccc(OCC(O)C(C)NC(C)C)c2c1CCC2.[Cl-]. The maximum absolute atomic E-state index is 10.1. The highest BCUT2D eigenvalue weighted by Crippen LogP contribution is 2.33. The quantitative estimate of drug-likeness (QED) is 0.752. The molecule has 0 radical (unpaired) electrons. The van der Waals surface area contributed by atoms with E-state index in [1.54, 1.807) is 0 Å². The lowest BCUT2D eigenvalue weighted by molar-refractivity contribution is -0.00000600. The molecule has 1 aromatic rings. The van der Waals surface area contributed by atoms with Gasteiger partial charge in [-0.3, -0.25) is 0 Å². The van der Waals surface area contributed by atoms with Gasteiger partial charge in [-0.15, -0.1) is 0 Å². The Morgan fingerprint density at radius 3 is 2.52 bits per heavy atom. The van der Waals surface area contributed by atoms with Gasteiger partial charge >= 0.3 is 0 Å². The second-order valence-corrected chi connectivity index (χ2v) is 6.18. The van der Waals surface area contributed by atoms with E-state index in [0.29, 0.717) is 12.6 Å². The topological polar surface area (TPSA) is 41.5 Å². The molecule has 2 atom stereocenters. The molecule has 0 aromatic heterocycles. The highest BCUT2D eigenvalue weighted by Gasteiger charge is 2.20. The fourth-order valence-corrected chi connectivity index (χ4v) is 2.94. The minimum absolute atomic E-state index is 0. The van der Waals surface area contributed by atoms with Crippen molar-refractivity contribution in [2.24, 2.45) is 0 Å². The molecule has 3 nitrogen and oxygen atoms in total. The number of aliphatic hydroxyl groups excluding tert-OH is 1. The van der Waals surface area contributed by atoms with Crippen LogP contribution in [0.3, 0.4) is 0 Å². The maximum Gasteiger partial charge on any atom is 0.122 e. The first-order chi connectivity index (χ1) is 9.49. The molecule has 4 heteroatoms. The van der Waals surface area contributed by atoms with Gasteiger partial charge in [0.2, 0.25) is 0 Å². The first-order valence-electron chi connectivity index (χ1n) is 7.67. The molecule has 2 N–H and O–H groups in total. The minimum atomic E-state index is -0.490. The van der Waals surface area contributed by atoms with Crippen molar-refractivity contribution in [3.8, 4) is 5.75 Å². The van der Waals surface area contributed by atoms with Crippen molar-refractivity contribution in [2.75, 3.05) is 6.61 Å². The molecule has 2 rings (SSSR count). The Kier molecular flexibility index (Phi) is 6.98. The number of aliphatic hydroxyl groups is 1. The molecule has 0 spiro atoms. The summed E-state index contributed by atoms with van der Waals surface area (Å²) in [5.41, 5.74) is 4.16. The molecule has 0 saturated carbocycles. The molecule has 2 unspecified atom stereocenters. The zero-order valence-electron chi connectivity index (χ0n) is 13.4. The number of fused-ring (bicyclic) bond motifs is 1. The van der Waals surface area contributed by atoms with Gasteiger partial charge in [0.15, 0.2) is 0 Å². The summed E-state index contributed by atoms with van der Waals surface area (Å²) in [7, 11) is 0. The van der Waals surface area contributed by atoms with Crippen molar-refractivity contribution in [3.63, 3.8) is 0 Å². The Hall–Kier alpha value is -0.770. The third kappa shape index (κ3) is 4.60. The number of benzene rings is 1. The summed E-state index contributed by atoms with van der Waals surface area (Å²) in [6.45, 7) is 8.66. The number of nitrogens with one attached hydrogen (secondary N) is 1. The molecular formula is C17H27ClNO2-. The fraction of sp³-hybridized carbons (Fsp3) is 0.647. The third-order valence-corrected chi connectivity index (χ3v) is 4.06. The molecule has 1 aliphatic rings. The summed E-state index contributed by atoms with van der Waals surface area (Å²) in [4.78, 5) is 0. The van der Waals surface area contributed by atoms with E-state index in [2.05, 4.69) is 32.2 Å². The van der Waals surface area contributed by atoms with Crippen LogP contribution in [-0.4, -0.2) is 29.9 Å². The summed E-state index contributed by atoms with van der Waals surface area (Å²) >= 11 is 0. The van der Waals surface area contributed by atoms with Crippen LogP contribution in [0.1, 0.15) is 43.9 Å². The average Bonchev–Trinajstić information content (AvgIpc) is 2.87. The number of hydrogen-bond donors (Lipinski definition) is 2. The zero-order valence-corrected chi connectivity index (χ0v) is 14.2. The lowest BCUT2D eigenvalue weighted by Gasteiger charge is -2.23. The zero-order chi connectivity index (χ0) is 14.7. The molecule has 0 fully saturated rings. The minimum Gasteiger partial charge on any atom is -1.00 e. The van der Waals surface area contributed by atoms with E-state index in [9.17, 15) is 5.11 Å². The number of ether oxygens (including phenoxy) is 1. The third-order valence-electron chi connectivity index (χ3n) is 4.06. The van der Waals surface area contributed by atoms with Crippen LogP contribution < -0.4 is 22.5 Å². The van der Waals surface area contributed by atoms with Crippen LogP contribution in [0.25, 0.3) is 0 Å². The van der Waals surface area contributed by atoms with E-state index in [-0.39, 0.29) is 18.4 Å². The average molecular weight is 313 g/mol. The standard InChI is InChI=1S/C17H27NO2.ClH/c1-11(2)18-13(4)16(19)10-20-17-9-8-12(3)14-6-5-7-15(14)17;/h8-9,11,13,16,18-19H,5-7,10H2,1-4H3;1H/p-1. The predicted octanol–water partition coefficient (Wildman–Crippen LogP) is -0.386. The molecule has 1 aliphatic carbocycles. The number of rotatable bonds is 6. The van der Waals surface area contributed by atoms with E-state index in [1.165, 1.54) is 23.1 Å². The van der Waals surface area contributed by atoms with Crippen molar-refractivity contribution in [1.29, 1.82) is 0 Å². The highest BCUT2D eigenvalue weighted by atomic mass is 35.5. The van der Waals surface area contributed by atoms with Gasteiger partial charge in [-0.05, 0) is 55.9 Å². The van der Waals surface area contributed by atoms with Gasteiger partial charge < -0.3 is 27.6 Å². The molecule has 120 valence electrons. The first-order valence-corrected chi connectivity index (χ1v) is 7.67. The summed E-state index contributed by atoms with van der Waals surface area (Å²) < 4.78 is 5.88. The van der Waals surface area contributed by atoms with Crippen LogP contribution in [0.5, 0.6) is 5.75 Å². The number of aryl methyl sites for hydroxylation is 1. The molecule has 0 saturated heterocycles. The van der Waals surface area contributed by atoms with Crippen LogP contribution >= 0.6 is 0 Å². The van der Waals surface area contributed by atoms with Crippen molar-refractivity contribution >= 4 is 0 Å². The predicted molar refractivity (Wildman–Crippen MR) is 82.4 cm³/mol. The van der Waals surface area contributed by atoms with Crippen LogP contribution in [-0.2, 0) is 12.8 Å². The Morgan fingerprint density at radius 2 is 1.86 bits per heavy atom. The number of hydrogen-bond acceptors (Lipinski definition) is 3.